The Labute approximate surface area is 50.4 Å². The fraction of sp³-hybridized carbons (Fsp3) is 0. The molecule has 0 fully saturated rings. The van der Waals surface area contributed by atoms with E-state index in [1.54, 1.807) is 0 Å². The largest absolute Gasteiger partial charge is 3.00 e. The minimum Gasteiger partial charge on any atom is -0.870 e. The standard InChI is InChI=1S/CO2.Al.3H2O/c2-1-3;;;;/h;;3*1H2/q;+3;;;/p-3. The maximum Gasteiger partial charge on any atom is 3.00 e. The molecule has 0 aliphatic heterocycles. The molecule has 0 heterocycles. The van der Waals surface area contributed by atoms with Crippen molar-refractivity contribution in [2.24, 2.45) is 0 Å². The van der Waals surface area contributed by atoms with E-state index in [0.29, 0.717) is 0 Å². The summed E-state index contributed by atoms with van der Waals surface area (Å²) in [6.07, 6.45) is 0.250. The average molecular weight is 122 g/mol. The van der Waals surface area contributed by atoms with Gasteiger partial charge in [0.15, 0.2) is 0 Å². The van der Waals surface area contributed by atoms with Crippen LogP contribution in [0, 0.1) is 0 Å². The molecular formula is CH3AlO5. The molecule has 0 unspecified atom stereocenters. The van der Waals surface area contributed by atoms with Crippen LogP contribution in [-0.4, -0.2) is 39.9 Å². The zero-order chi connectivity index (χ0) is 2.71. The third kappa shape index (κ3) is 1930. The Bertz CT molecular complexity index is 29.1. The van der Waals surface area contributed by atoms with Gasteiger partial charge in [0.2, 0.25) is 0 Å². The van der Waals surface area contributed by atoms with Gasteiger partial charge in [-0.2, -0.15) is 9.59 Å². The SMILES string of the molecule is O=C=O.[Al+3].[OH-].[OH-].[OH-]. The van der Waals surface area contributed by atoms with Crippen molar-refractivity contribution in [1.29, 1.82) is 0 Å². The van der Waals surface area contributed by atoms with Crippen molar-refractivity contribution in [1.82, 2.24) is 0 Å². The molecule has 6 heteroatoms. The molecule has 0 saturated heterocycles. The summed E-state index contributed by atoms with van der Waals surface area (Å²) >= 11 is 0. The summed E-state index contributed by atoms with van der Waals surface area (Å²) in [4.78, 5) is 16.2. The number of hydrogen-bond acceptors (Lipinski definition) is 5. The number of rotatable bonds is 0. The van der Waals surface area contributed by atoms with Gasteiger partial charge >= 0.3 is 23.5 Å². The zero-order valence-electron chi connectivity index (χ0n) is 3.24. The molecular weight excluding hydrogens is 119 g/mol. The molecule has 0 aliphatic carbocycles. The van der Waals surface area contributed by atoms with Gasteiger partial charge < -0.3 is 16.4 Å². The smallest absolute Gasteiger partial charge is 0.870 e. The van der Waals surface area contributed by atoms with Gasteiger partial charge in [-0.05, 0) is 0 Å². The van der Waals surface area contributed by atoms with Gasteiger partial charge in [0.25, 0.3) is 0 Å². The van der Waals surface area contributed by atoms with E-state index in [1.165, 1.54) is 0 Å². The van der Waals surface area contributed by atoms with Crippen molar-refractivity contribution in [3.8, 4) is 0 Å². The first-order valence-corrected chi connectivity index (χ1v) is 0.408. The quantitative estimate of drug-likeness (QED) is 0.361. The summed E-state index contributed by atoms with van der Waals surface area (Å²) in [6, 6.07) is 0. The maximum absolute atomic E-state index is 8.12. The van der Waals surface area contributed by atoms with Gasteiger partial charge in [-0.15, -0.1) is 0 Å². The van der Waals surface area contributed by atoms with E-state index < -0.39 is 0 Å². The van der Waals surface area contributed by atoms with Crippen LogP contribution in [0.25, 0.3) is 0 Å². The van der Waals surface area contributed by atoms with Crippen LogP contribution < -0.4 is 0 Å². The van der Waals surface area contributed by atoms with E-state index in [4.69, 9.17) is 9.59 Å². The van der Waals surface area contributed by atoms with Gasteiger partial charge in [0, 0.05) is 0 Å². The third-order valence-electron chi connectivity index (χ3n) is 0. The summed E-state index contributed by atoms with van der Waals surface area (Å²) in [7, 11) is 0. The predicted octanol–water partition coefficient (Wildman–Crippen LogP) is -1.49. The summed E-state index contributed by atoms with van der Waals surface area (Å²) < 4.78 is 0. The van der Waals surface area contributed by atoms with E-state index in [9.17, 15) is 0 Å². The molecule has 0 saturated carbocycles. The number of carbonyl (C=O) groups excluding carboxylic acids is 2. The summed E-state index contributed by atoms with van der Waals surface area (Å²) in [6.45, 7) is 0. The molecule has 0 atom stereocenters. The first kappa shape index (κ1) is 70.9. The molecule has 7 heavy (non-hydrogen) atoms. The van der Waals surface area contributed by atoms with Crippen LogP contribution >= 0.6 is 0 Å². The normalized spacial score (nSPS) is 1.14. The molecule has 40 valence electrons. The van der Waals surface area contributed by atoms with Gasteiger partial charge in [-0.3, -0.25) is 0 Å². The van der Waals surface area contributed by atoms with Crippen LogP contribution in [0.15, 0.2) is 0 Å². The Kier molecular flexibility index (Phi) is 2150. The van der Waals surface area contributed by atoms with Crippen molar-refractivity contribution >= 4 is 23.5 Å². The maximum atomic E-state index is 8.12. The molecule has 0 aliphatic rings. The van der Waals surface area contributed by atoms with Gasteiger partial charge in [-0.1, -0.05) is 0 Å². The molecule has 5 nitrogen and oxygen atoms in total. The monoisotopic (exact) mass is 122 g/mol. The minimum atomic E-state index is 0. The molecule has 0 aromatic rings. The summed E-state index contributed by atoms with van der Waals surface area (Å²) in [5, 5.41) is 0. The van der Waals surface area contributed by atoms with Gasteiger partial charge in [0.05, 0.1) is 0 Å². The second-order valence-electron chi connectivity index (χ2n) is 0.0833. The van der Waals surface area contributed by atoms with E-state index in [1.807, 2.05) is 0 Å². The Morgan fingerprint density at radius 1 is 0.857 bits per heavy atom. The van der Waals surface area contributed by atoms with Crippen molar-refractivity contribution in [3.63, 3.8) is 0 Å². The van der Waals surface area contributed by atoms with Crippen molar-refractivity contribution < 1.29 is 26.0 Å². The second kappa shape index (κ2) is 212. The number of hydrogen-bond donors (Lipinski definition) is 0. The fourth-order valence-corrected chi connectivity index (χ4v) is 0. The second-order valence-corrected chi connectivity index (χ2v) is 0.0833. The van der Waals surface area contributed by atoms with Crippen molar-refractivity contribution in [2.75, 3.05) is 0 Å². The van der Waals surface area contributed by atoms with Gasteiger partial charge in [0.1, 0.15) is 0 Å². The molecule has 0 aromatic heterocycles. The molecule has 0 aromatic carbocycles. The van der Waals surface area contributed by atoms with E-state index >= 15 is 0 Å². The van der Waals surface area contributed by atoms with E-state index in [2.05, 4.69) is 0 Å². The van der Waals surface area contributed by atoms with Gasteiger partial charge in [-0.25, -0.2) is 0 Å². The minimum absolute atomic E-state index is 0. The first-order chi connectivity index (χ1) is 1.41. The molecule has 0 rings (SSSR count). The Hall–Kier alpha value is -0.208. The van der Waals surface area contributed by atoms with Crippen LogP contribution in [0.1, 0.15) is 0 Å². The summed E-state index contributed by atoms with van der Waals surface area (Å²) in [5.74, 6) is 0. The summed E-state index contributed by atoms with van der Waals surface area (Å²) in [5.41, 5.74) is 0. The Balaban J connectivity index is -0.00000000333. The van der Waals surface area contributed by atoms with E-state index in [-0.39, 0.29) is 39.9 Å². The van der Waals surface area contributed by atoms with E-state index in [0.717, 1.165) is 0 Å². The fourth-order valence-electron chi connectivity index (χ4n) is 0. The van der Waals surface area contributed by atoms with Crippen molar-refractivity contribution in [3.05, 3.63) is 0 Å². The first-order valence-electron chi connectivity index (χ1n) is 0.408. The van der Waals surface area contributed by atoms with Crippen LogP contribution in [-0.2, 0) is 9.59 Å². The van der Waals surface area contributed by atoms with Crippen LogP contribution in [0.3, 0.4) is 0 Å². The van der Waals surface area contributed by atoms with Crippen LogP contribution in [0.2, 0.25) is 0 Å². The third-order valence-corrected chi connectivity index (χ3v) is 0. The molecule has 0 amide bonds. The topological polar surface area (TPSA) is 124 Å². The van der Waals surface area contributed by atoms with Crippen LogP contribution in [0.4, 0.5) is 0 Å². The molecule has 3 N–H and O–H groups in total. The van der Waals surface area contributed by atoms with Crippen LogP contribution in [0.5, 0.6) is 0 Å². The van der Waals surface area contributed by atoms with Crippen molar-refractivity contribution in [2.45, 2.75) is 0 Å². The Morgan fingerprint density at radius 2 is 0.857 bits per heavy atom. The zero-order valence-corrected chi connectivity index (χ0v) is 4.39. The Morgan fingerprint density at radius 3 is 0.857 bits per heavy atom. The molecule has 0 spiro atoms. The predicted molar refractivity (Wildman–Crippen MR) is 16.6 cm³/mol. The molecule has 0 bridgehead atoms. The average Bonchev–Trinajstić information content (AvgIpc) is 0.918. The molecule has 0 radical (unpaired) electrons.